The molecule has 0 aliphatic carbocycles. The van der Waals surface area contributed by atoms with Gasteiger partial charge in [0.05, 0.1) is 23.8 Å². The summed E-state index contributed by atoms with van der Waals surface area (Å²) in [4.78, 5) is 12.1. The summed E-state index contributed by atoms with van der Waals surface area (Å²) in [6.45, 7) is 5.25. The van der Waals surface area contributed by atoms with Crippen LogP contribution in [0.2, 0.25) is 0 Å². The van der Waals surface area contributed by atoms with Gasteiger partial charge in [-0.15, -0.1) is 0 Å². The highest BCUT2D eigenvalue weighted by molar-refractivity contribution is 5.91. The van der Waals surface area contributed by atoms with E-state index >= 15 is 0 Å². The van der Waals surface area contributed by atoms with Crippen LogP contribution in [-0.2, 0) is 10.4 Å². The summed E-state index contributed by atoms with van der Waals surface area (Å²) in [5.41, 5.74) is -0.649. The van der Waals surface area contributed by atoms with Crippen LogP contribution in [-0.4, -0.2) is 17.1 Å². The maximum Gasteiger partial charge on any atom is 0.227 e. The van der Waals surface area contributed by atoms with Gasteiger partial charge in [-0.2, -0.15) is 0 Å². The van der Waals surface area contributed by atoms with Gasteiger partial charge in [0.2, 0.25) is 5.91 Å². The Morgan fingerprint density at radius 2 is 1.92 bits per heavy atom. The summed E-state index contributed by atoms with van der Waals surface area (Å²) >= 11 is 0. The Balaban J connectivity index is 2.04. The number of anilines is 1. The zero-order valence-corrected chi connectivity index (χ0v) is 14.0. The Morgan fingerprint density at radius 1 is 1.25 bits per heavy atom. The summed E-state index contributed by atoms with van der Waals surface area (Å²) in [5, 5.41) is 13.0. The molecule has 5 heteroatoms. The Kier molecular flexibility index (Phi) is 5.57. The summed E-state index contributed by atoms with van der Waals surface area (Å²) in [6.07, 6.45) is -0.244. The second kappa shape index (κ2) is 7.45. The van der Waals surface area contributed by atoms with Crippen LogP contribution < -0.4 is 10.1 Å². The van der Waals surface area contributed by atoms with Crippen molar-refractivity contribution in [1.29, 1.82) is 0 Å². The molecule has 4 nitrogen and oxygen atoms in total. The third kappa shape index (κ3) is 4.80. The molecule has 0 radical (unpaired) electrons. The number of rotatable bonds is 6. The highest BCUT2D eigenvalue weighted by Gasteiger charge is 2.26. The van der Waals surface area contributed by atoms with Gasteiger partial charge in [-0.05, 0) is 38.5 Å². The standard InChI is InChI=1S/C19H22FNO3/c1-13(2)24-15-9-10-17(16(20)11-15)21-18(22)12-19(3,23)14-7-5-4-6-8-14/h4-11,13,23H,12H2,1-3H3,(H,21,22). The van der Waals surface area contributed by atoms with E-state index in [1.54, 1.807) is 37.3 Å². The summed E-state index contributed by atoms with van der Waals surface area (Å²) in [5.74, 6) is -0.655. The zero-order chi connectivity index (χ0) is 17.7. The van der Waals surface area contributed by atoms with E-state index in [1.165, 1.54) is 12.1 Å². The Hall–Kier alpha value is -2.40. The van der Waals surface area contributed by atoms with Crippen molar-refractivity contribution >= 4 is 11.6 Å². The van der Waals surface area contributed by atoms with Crippen LogP contribution in [0.3, 0.4) is 0 Å². The lowest BCUT2D eigenvalue weighted by Gasteiger charge is -2.23. The first kappa shape index (κ1) is 17.9. The highest BCUT2D eigenvalue weighted by Crippen LogP contribution is 2.26. The molecule has 0 bridgehead atoms. The number of amides is 1. The van der Waals surface area contributed by atoms with E-state index in [9.17, 15) is 14.3 Å². The SMILES string of the molecule is CC(C)Oc1ccc(NC(=O)CC(C)(O)c2ccccc2)c(F)c1. The Bertz CT molecular complexity index is 699. The lowest BCUT2D eigenvalue weighted by Crippen LogP contribution is -2.28. The number of nitrogens with one attached hydrogen (secondary N) is 1. The lowest BCUT2D eigenvalue weighted by molar-refractivity contribution is -0.120. The Morgan fingerprint density at radius 3 is 2.50 bits per heavy atom. The number of carbonyl (C=O) groups excluding carboxylic acids is 1. The second-order valence-corrected chi connectivity index (χ2v) is 6.17. The summed E-state index contributed by atoms with van der Waals surface area (Å²) in [6, 6.07) is 13.2. The van der Waals surface area contributed by atoms with Crippen molar-refractivity contribution < 1.29 is 19.0 Å². The molecule has 0 spiro atoms. The van der Waals surface area contributed by atoms with Gasteiger partial charge in [0.15, 0.2) is 0 Å². The summed E-state index contributed by atoms with van der Waals surface area (Å²) in [7, 11) is 0. The molecule has 0 saturated carbocycles. The first-order chi connectivity index (χ1) is 11.3. The Labute approximate surface area is 141 Å². The van der Waals surface area contributed by atoms with Gasteiger partial charge in [-0.1, -0.05) is 30.3 Å². The highest BCUT2D eigenvalue weighted by atomic mass is 19.1. The van der Waals surface area contributed by atoms with Gasteiger partial charge in [0.25, 0.3) is 0 Å². The van der Waals surface area contributed by atoms with Crippen molar-refractivity contribution in [2.24, 2.45) is 0 Å². The molecule has 2 aromatic rings. The average Bonchev–Trinajstić information content (AvgIpc) is 2.50. The van der Waals surface area contributed by atoms with E-state index in [4.69, 9.17) is 4.74 Å². The third-order valence-electron chi connectivity index (χ3n) is 3.49. The van der Waals surface area contributed by atoms with E-state index in [-0.39, 0.29) is 18.2 Å². The molecule has 2 rings (SSSR count). The molecule has 2 aromatic carbocycles. The van der Waals surface area contributed by atoms with Gasteiger partial charge >= 0.3 is 0 Å². The van der Waals surface area contributed by atoms with Gasteiger partial charge in [0.1, 0.15) is 11.6 Å². The van der Waals surface area contributed by atoms with Crippen LogP contribution >= 0.6 is 0 Å². The molecule has 0 fully saturated rings. The van der Waals surface area contributed by atoms with E-state index in [1.807, 2.05) is 19.9 Å². The van der Waals surface area contributed by atoms with Crippen LogP contribution in [0.15, 0.2) is 48.5 Å². The van der Waals surface area contributed by atoms with E-state index in [0.29, 0.717) is 11.3 Å². The smallest absolute Gasteiger partial charge is 0.227 e. The molecule has 1 atom stereocenters. The van der Waals surface area contributed by atoms with Crippen molar-refractivity contribution in [1.82, 2.24) is 0 Å². The van der Waals surface area contributed by atoms with Crippen molar-refractivity contribution in [2.45, 2.75) is 38.9 Å². The van der Waals surface area contributed by atoms with Gasteiger partial charge in [-0.25, -0.2) is 4.39 Å². The van der Waals surface area contributed by atoms with Crippen LogP contribution in [0.4, 0.5) is 10.1 Å². The largest absolute Gasteiger partial charge is 0.491 e. The number of aliphatic hydroxyl groups is 1. The second-order valence-electron chi connectivity index (χ2n) is 6.17. The average molecular weight is 331 g/mol. The predicted molar refractivity (Wildman–Crippen MR) is 91.4 cm³/mol. The fraction of sp³-hybridized carbons (Fsp3) is 0.316. The molecule has 0 aliphatic rings. The molecule has 0 heterocycles. The molecule has 0 aliphatic heterocycles. The number of benzene rings is 2. The van der Waals surface area contributed by atoms with Gasteiger partial charge < -0.3 is 15.2 Å². The van der Waals surface area contributed by atoms with E-state index in [2.05, 4.69) is 5.32 Å². The molecule has 0 aromatic heterocycles. The summed E-state index contributed by atoms with van der Waals surface area (Å²) < 4.78 is 19.5. The predicted octanol–water partition coefficient (Wildman–Crippen LogP) is 3.85. The quantitative estimate of drug-likeness (QED) is 0.845. The zero-order valence-electron chi connectivity index (χ0n) is 14.0. The first-order valence-electron chi connectivity index (χ1n) is 7.82. The van der Waals surface area contributed by atoms with Gasteiger partial charge in [-0.3, -0.25) is 4.79 Å². The van der Waals surface area contributed by atoms with Crippen molar-refractivity contribution in [3.8, 4) is 5.75 Å². The molecule has 2 N–H and O–H groups in total. The minimum atomic E-state index is -1.33. The maximum absolute atomic E-state index is 14.1. The molecular formula is C19H22FNO3. The normalized spacial score (nSPS) is 13.4. The van der Waals surface area contributed by atoms with Crippen LogP contribution in [0.1, 0.15) is 32.8 Å². The fourth-order valence-corrected chi connectivity index (χ4v) is 2.35. The first-order valence-corrected chi connectivity index (χ1v) is 7.82. The van der Waals surface area contributed by atoms with Crippen molar-refractivity contribution in [3.63, 3.8) is 0 Å². The molecule has 1 unspecified atom stereocenters. The van der Waals surface area contributed by atoms with Crippen LogP contribution in [0, 0.1) is 5.82 Å². The number of carbonyl (C=O) groups is 1. The minimum absolute atomic E-state index is 0.0555. The van der Waals surface area contributed by atoms with Gasteiger partial charge in [0, 0.05) is 6.07 Å². The van der Waals surface area contributed by atoms with E-state index in [0.717, 1.165) is 0 Å². The molecule has 128 valence electrons. The number of hydrogen-bond donors (Lipinski definition) is 2. The molecule has 24 heavy (non-hydrogen) atoms. The lowest BCUT2D eigenvalue weighted by atomic mass is 9.92. The molecule has 0 saturated heterocycles. The van der Waals surface area contributed by atoms with E-state index < -0.39 is 17.3 Å². The monoisotopic (exact) mass is 331 g/mol. The minimum Gasteiger partial charge on any atom is -0.491 e. The maximum atomic E-state index is 14.1. The molecule has 1 amide bonds. The third-order valence-corrected chi connectivity index (χ3v) is 3.49. The number of halogens is 1. The fourth-order valence-electron chi connectivity index (χ4n) is 2.35. The number of hydrogen-bond acceptors (Lipinski definition) is 3. The molecular weight excluding hydrogens is 309 g/mol. The topological polar surface area (TPSA) is 58.6 Å². The van der Waals surface area contributed by atoms with Crippen molar-refractivity contribution in [3.05, 3.63) is 59.9 Å². The number of ether oxygens (including phenoxy) is 1. The van der Waals surface area contributed by atoms with Crippen LogP contribution in [0.5, 0.6) is 5.75 Å². The van der Waals surface area contributed by atoms with Crippen molar-refractivity contribution in [2.75, 3.05) is 5.32 Å². The van der Waals surface area contributed by atoms with Crippen LogP contribution in [0.25, 0.3) is 0 Å².